The van der Waals surface area contributed by atoms with Crippen molar-refractivity contribution in [3.63, 3.8) is 0 Å². The van der Waals surface area contributed by atoms with Crippen LogP contribution in [0.5, 0.6) is 0 Å². The lowest BCUT2D eigenvalue weighted by Gasteiger charge is -2.30. The number of hydrogen-bond acceptors (Lipinski definition) is 6. The average molecular weight is 364 g/mol. The van der Waals surface area contributed by atoms with Crippen LogP contribution in [0.25, 0.3) is 0 Å². The summed E-state index contributed by atoms with van der Waals surface area (Å²) in [6.07, 6.45) is 4.16. The van der Waals surface area contributed by atoms with Crippen molar-refractivity contribution in [3.05, 3.63) is 29.2 Å². The molecule has 0 unspecified atom stereocenters. The molecular formula is C16H22ClN7O. The minimum atomic E-state index is 0.000338. The van der Waals surface area contributed by atoms with E-state index in [0.29, 0.717) is 10.8 Å². The van der Waals surface area contributed by atoms with E-state index < -0.39 is 0 Å². The highest BCUT2D eigenvalue weighted by molar-refractivity contribution is 6.30. The molecule has 3 rings (SSSR count). The Labute approximate surface area is 151 Å². The highest BCUT2D eigenvalue weighted by atomic mass is 35.5. The number of aryl methyl sites for hydroxylation is 1. The van der Waals surface area contributed by atoms with Crippen LogP contribution >= 0.6 is 11.6 Å². The number of piperidine rings is 1. The van der Waals surface area contributed by atoms with Gasteiger partial charge in [0.1, 0.15) is 5.82 Å². The number of nitrogens with zero attached hydrogens (tertiary/aromatic N) is 6. The van der Waals surface area contributed by atoms with Crippen molar-refractivity contribution in [1.29, 1.82) is 0 Å². The first-order valence-electron chi connectivity index (χ1n) is 8.55. The van der Waals surface area contributed by atoms with Gasteiger partial charge in [0.05, 0.1) is 11.6 Å². The predicted octanol–water partition coefficient (Wildman–Crippen LogP) is 1.98. The van der Waals surface area contributed by atoms with Gasteiger partial charge in [-0.2, -0.15) is 0 Å². The largest absolute Gasteiger partial charge is 0.310 e. The van der Waals surface area contributed by atoms with Crippen LogP contribution in [-0.4, -0.2) is 49.1 Å². The Hall–Kier alpha value is -2.06. The zero-order valence-electron chi connectivity index (χ0n) is 14.2. The minimum absolute atomic E-state index is 0.000338. The van der Waals surface area contributed by atoms with Gasteiger partial charge < -0.3 is 5.32 Å². The molecule has 0 aromatic carbocycles. The van der Waals surface area contributed by atoms with E-state index in [0.717, 1.165) is 51.3 Å². The molecule has 2 aromatic rings. The number of likely N-dealkylation sites (tertiary alicyclic amines) is 1. The molecule has 134 valence electrons. The van der Waals surface area contributed by atoms with Crippen molar-refractivity contribution >= 4 is 23.3 Å². The number of hydrogen-bond donors (Lipinski definition) is 1. The molecule has 0 spiro atoms. The van der Waals surface area contributed by atoms with Crippen LogP contribution in [-0.2, 0) is 17.9 Å². The Morgan fingerprint density at radius 3 is 2.84 bits per heavy atom. The van der Waals surface area contributed by atoms with E-state index in [1.807, 2.05) is 4.68 Å². The molecule has 1 aliphatic heterocycles. The first-order chi connectivity index (χ1) is 12.2. The fraction of sp³-hybridized carbons (Fsp3) is 0.562. The van der Waals surface area contributed by atoms with Crippen LogP contribution in [0, 0.1) is 5.92 Å². The molecule has 25 heavy (non-hydrogen) atoms. The molecule has 8 nitrogen and oxygen atoms in total. The molecule has 1 N–H and O–H groups in total. The third-order valence-electron chi connectivity index (χ3n) is 4.34. The van der Waals surface area contributed by atoms with E-state index in [4.69, 9.17) is 11.6 Å². The number of carbonyl (C=O) groups excluding carboxylic acids is 1. The Morgan fingerprint density at radius 1 is 1.36 bits per heavy atom. The molecule has 9 heteroatoms. The maximum Gasteiger partial charge on any atom is 0.228 e. The molecule has 0 saturated carbocycles. The van der Waals surface area contributed by atoms with Gasteiger partial charge in [0.2, 0.25) is 5.91 Å². The zero-order valence-corrected chi connectivity index (χ0v) is 15.0. The highest BCUT2D eigenvalue weighted by Gasteiger charge is 2.26. The summed E-state index contributed by atoms with van der Waals surface area (Å²) >= 11 is 5.81. The van der Waals surface area contributed by atoms with Crippen LogP contribution in [0.2, 0.25) is 5.02 Å². The van der Waals surface area contributed by atoms with Crippen LogP contribution in [0.1, 0.15) is 32.0 Å². The summed E-state index contributed by atoms with van der Waals surface area (Å²) in [6.45, 7) is 5.36. The number of nitrogens with one attached hydrogen (secondary N) is 1. The number of halogens is 1. The number of tetrazole rings is 1. The van der Waals surface area contributed by atoms with Crippen LogP contribution in [0.15, 0.2) is 18.3 Å². The van der Waals surface area contributed by atoms with Crippen molar-refractivity contribution in [2.75, 3.05) is 18.4 Å². The molecule has 3 heterocycles. The van der Waals surface area contributed by atoms with Gasteiger partial charge in [-0.1, -0.05) is 18.5 Å². The van der Waals surface area contributed by atoms with Crippen molar-refractivity contribution in [2.24, 2.45) is 5.92 Å². The van der Waals surface area contributed by atoms with Gasteiger partial charge in [0, 0.05) is 18.7 Å². The quantitative estimate of drug-likeness (QED) is 0.844. The van der Waals surface area contributed by atoms with Gasteiger partial charge in [-0.05, 0) is 54.9 Å². The Balaban J connectivity index is 1.48. The molecule has 0 bridgehead atoms. The van der Waals surface area contributed by atoms with Gasteiger partial charge in [0.25, 0.3) is 0 Å². The third kappa shape index (κ3) is 4.73. The Morgan fingerprint density at radius 2 is 2.16 bits per heavy atom. The molecule has 0 aliphatic carbocycles. The molecule has 1 aliphatic rings. The average Bonchev–Trinajstić information content (AvgIpc) is 3.05. The zero-order chi connectivity index (χ0) is 17.6. The van der Waals surface area contributed by atoms with Crippen molar-refractivity contribution in [2.45, 2.75) is 39.3 Å². The molecule has 0 radical (unpaired) electrons. The summed E-state index contributed by atoms with van der Waals surface area (Å²) in [4.78, 5) is 18.8. The van der Waals surface area contributed by atoms with E-state index in [-0.39, 0.29) is 11.8 Å². The minimum Gasteiger partial charge on any atom is -0.310 e. The van der Waals surface area contributed by atoms with Gasteiger partial charge >= 0.3 is 0 Å². The van der Waals surface area contributed by atoms with Gasteiger partial charge in [-0.3, -0.25) is 9.69 Å². The molecule has 1 amide bonds. The third-order valence-corrected chi connectivity index (χ3v) is 4.57. The van der Waals surface area contributed by atoms with E-state index in [2.05, 4.69) is 37.6 Å². The second-order valence-corrected chi connectivity index (χ2v) is 6.66. The lowest BCUT2D eigenvalue weighted by Crippen LogP contribution is -2.38. The second kappa shape index (κ2) is 8.35. The second-order valence-electron chi connectivity index (χ2n) is 6.22. The maximum atomic E-state index is 12.4. The lowest BCUT2D eigenvalue weighted by molar-refractivity contribution is -0.121. The van der Waals surface area contributed by atoms with Crippen LogP contribution in [0.3, 0.4) is 0 Å². The number of amides is 1. The van der Waals surface area contributed by atoms with Gasteiger partial charge in [-0.15, -0.1) is 5.10 Å². The molecule has 1 fully saturated rings. The standard InChI is InChI=1S/C16H22ClN7O/c1-2-7-24-15(20-21-22-24)11-23-8-5-12(6-9-23)16(25)19-14-4-3-13(17)10-18-14/h3-4,10,12H,2,5-9,11H2,1H3,(H,18,19,25). The summed E-state index contributed by atoms with van der Waals surface area (Å²) in [7, 11) is 0. The van der Waals surface area contributed by atoms with Crippen molar-refractivity contribution in [1.82, 2.24) is 30.1 Å². The summed E-state index contributed by atoms with van der Waals surface area (Å²) in [5.41, 5.74) is 0. The number of rotatable bonds is 6. The van der Waals surface area contributed by atoms with E-state index in [1.165, 1.54) is 6.20 Å². The molecule has 2 aromatic heterocycles. The van der Waals surface area contributed by atoms with Crippen LogP contribution < -0.4 is 5.32 Å². The van der Waals surface area contributed by atoms with Crippen molar-refractivity contribution in [3.8, 4) is 0 Å². The fourth-order valence-electron chi connectivity index (χ4n) is 2.95. The highest BCUT2D eigenvalue weighted by Crippen LogP contribution is 2.20. The SMILES string of the molecule is CCCn1nnnc1CN1CCC(C(=O)Nc2ccc(Cl)cn2)CC1. The summed E-state index contributed by atoms with van der Waals surface area (Å²) in [6, 6.07) is 3.43. The van der Waals surface area contributed by atoms with Gasteiger partial charge in [0.15, 0.2) is 5.82 Å². The number of carbonyl (C=O) groups is 1. The molecule has 0 atom stereocenters. The summed E-state index contributed by atoms with van der Waals surface area (Å²) < 4.78 is 1.85. The topological polar surface area (TPSA) is 88.8 Å². The monoisotopic (exact) mass is 363 g/mol. The first kappa shape index (κ1) is 17.8. The number of pyridine rings is 1. The van der Waals surface area contributed by atoms with Crippen LogP contribution in [0.4, 0.5) is 5.82 Å². The summed E-state index contributed by atoms with van der Waals surface area (Å²) in [5.74, 6) is 1.44. The van der Waals surface area contributed by atoms with E-state index >= 15 is 0 Å². The van der Waals surface area contributed by atoms with Crippen molar-refractivity contribution < 1.29 is 4.79 Å². The van der Waals surface area contributed by atoms with E-state index in [9.17, 15) is 4.79 Å². The van der Waals surface area contributed by atoms with E-state index in [1.54, 1.807) is 12.1 Å². The fourth-order valence-corrected chi connectivity index (χ4v) is 3.07. The number of anilines is 1. The Kier molecular flexibility index (Phi) is 5.93. The lowest BCUT2D eigenvalue weighted by atomic mass is 9.96. The predicted molar refractivity (Wildman–Crippen MR) is 94.0 cm³/mol. The first-order valence-corrected chi connectivity index (χ1v) is 8.93. The Bertz CT molecular complexity index is 695. The summed E-state index contributed by atoms with van der Waals surface area (Å²) in [5, 5.41) is 15.3. The molecule has 1 saturated heterocycles. The molecular weight excluding hydrogens is 342 g/mol. The normalized spacial score (nSPS) is 16.1. The number of aromatic nitrogens is 5. The maximum absolute atomic E-state index is 12.4. The smallest absolute Gasteiger partial charge is 0.228 e. The van der Waals surface area contributed by atoms with Gasteiger partial charge in [-0.25, -0.2) is 9.67 Å².